The quantitative estimate of drug-likeness (QED) is 0.403. The summed E-state index contributed by atoms with van der Waals surface area (Å²) in [6.07, 6.45) is 2.27. The van der Waals surface area contributed by atoms with E-state index in [1.165, 1.54) is 11.3 Å². The van der Waals surface area contributed by atoms with Crippen LogP contribution in [-0.4, -0.2) is 49.3 Å². The molecular formula is C23H30N2O4S2. The zero-order chi connectivity index (χ0) is 22.2. The van der Waals surface area contributed by atoms with Gasteiger partial charge in [0.25, 0.3) is 0 Å². The second kappa shape index (κ2) is 11.5. The monoisotopic (exact) mass is 462 g/mol. The van der Waals surface area contributed by atoms with Crippen LogP contribution in [0.25, 0.3) is 0 Å². The Labute approximate surface area is 192 Å². The van der Waals surface area contributed by atoms with Gasteiger partial charge in [0.05, 0.1) is 19.3 Å². The van der Waals surface area contributed by atoms with Crippen LogP contribution in [0.2, 0.25) is 0 Å². The number of carbonyl (C=O) groups is 2. The molecule has 8 heteroatoms. The first-order valence-electron chi connectivity index (χ1n) is 10.7. The molecule has 0 bridgehead atoms. The highest BCUT2D eigenvalue weighted by molar-refractivity contribution is 7.99. The predicted molar refractivity (Wildman–Crippen MR) is 127 cm³/mol. The third kappa shape index (κ3) is 6.24. The second-order valence-electron chi connectivity index (χ2n) is 7.28. The van der Waals surface area contributed by atoms with Crippen molar-refractivity contribution in [3.8, 4) is 5.75 Å². The van der Waals surface area contributed by atoms with E-state index in [-0.39, 0.29) is 11.9 Å². The fourth-order valence-electron chi connectivity index (χ4n) is 3.59. The number of carbonyl (C=O) groups excluding carboxylic acids is 2. The summed E-state index contributed by atoms with van der Waals surface area (Å²) in [7, 11) is 1.64. The van der Waals surface area contributed by atoms with Gasteiger partial charge in [-0.25, -0.2) is 4.79 Å². The lowest BCUT2D eigenvalue weighted by Crippen LogP contribution is -2.30. The number of nitrogens with one attached hydrogen (secondary N) is 1. The zero-order valence-electron chi connectivity index (χ0n) is 18.4. The fraction of sp³-hybridized carbons (Fsp3) is 0.478. The van der Waals surface area contributed by atoms with E-state index < -0.39 is 0 Å². The van der Waals surface area contributed by atoms with Gasteiger partial charge < -0.3 is 14.8 Å². The highest BCUT2D eigenvalue weighted by Crippen LogP contribution is 2.38. The number of benzene rings is 1. The molecule has 31 heavy (non-hydrogen) atoms. The van der Waals surface area contributed by atoms with Crippen molar-refractivity contribution in [2.45, 2.75) is 44.6 Å². The molecule has 0 radical (unpaired) electrons. The molecule has 0 atom stereocenters. The Morgan fingerprint density at radius 2 is 2.00 bits per heavy atom. The highest BCUT2D eigenvalue weighted by Gasteiger charge is 2.29. The number of anilines is 1. The lowest BCUT2D eigenvalue weighted by atomic mass is 10.0. The first kappa shape index (κ1) is 23.6. The normalized spacial score (nSPS) is 13.5. The van der Waals surface area contributed by atoms with Crippen LogP contribution in [0.4, 0.5) is 5.00 Å². The molecule has 1 aromatic heterocycles. The Kier molecular flexibility index (Phi) is 8.80. The molecule has 2 heterocycles. The minimum atomic E-state index is -0.341. The first-order chi connectivity index (χ1) is 15.0. The van der Waals surface area contributed by atoms with Gasteiger partial charge in [-0.05, 0) is 56.1 Å². The van der Waals surface area contributed by atoms with Crippen molar-refractivity contribution in [3.63, 3.8) is 0 Å². The van der Waals surface area contributed by atoms with Crippen LogP contribution < -0.4 is 10.1 Å². The summed E-state index contributed by atoms with van der Waals surface area (Å²) in [5, 5.41) is 3.61. The van der Waals surface area contributed by atoms with Gasteiger partial charge in [-0.3, -0.25) is 9.69 Å². The van der Waals surface area contributed by atoms with Crippen molar-refractivity contribution in [3.05, 3.63) is 40.3 Å². The number of thiophene rings is 1. The van der Waals surface area contributed by atoms with Crippen molar-refractivity contribution >= 4 is 40.0 Å². The fourth-order valence-corrected chi connectivity index (χ4v) is 5.74. The van der Waals surface area contributed by atoms with Crippen LogP contribution >= 0.6 is 23.1 Å². The van der Waals surface area contributed by atoms with Crippen LogP contribution in [-0.2, 0) is 22.5 Å². The van der Waals surface area contributed by atoms with Gasteiger partial charge >= 0.3 is 5.97 Å². The van der Waals surface area contributed by atoms with Gasteiger partial charge in [0, 0.05) is 35.0 Å². The summed E-state index contributed by atoms with van der Waals surface area (Å²) in [5.41, 5.74) is 1.59. The van der Waals surface area contributed by atoms with E-state index in [2.05, 4.69) is 17.1 Å². The largest absolute Gasteiger partial charge is 0.497 e. The van der Waals surface area contributed by atoms with Crippen LogP contribution in [0.1, 0.15) is 47.5 Å². The van der Waals surface area contributed by atoms with Gasteiger partial charge in [-0.2, -0.15) is 0 Å². The molecule has 0 saturated heterocycles. The molecule has 0 saturated carbocycles. The molecule has 2 aromatic rings. The molecule has 1 aliphatic rings. The van der Waals surface area contributed by atoms with E-state index in [4.69, 9.17) is 9.47 Å². The zero-order valence-corrected chi connectivity index (χ0v) is 20.0. The Balaban J connectivity index is 1.64. The van der Waals surface area contributed by atoms with Crippen molar-refractivity contribution in [1.82, 2.24) is 4.90 Å². The van der Waals surface area contributed by atoms with Gasteiger partial charge in [0.2, 0.25) is 5.91 Å². The number of nitrogens with zero attached hydrogens (tertiary/aromatic N) is 1. The first-order valence-corrected chi connectivity index (χ1v) is 12.5. The van der Waals surface area contributed by atoms with Crippen molar-refractivity contribution in [2.75, 3.05) is 37.9 Å². The highest BCUT2D eigenvalue weighted by atomic mass is 32.2. The number of rotatable bonds is 10. The van der Waals surface area contributed by atoms with Gasteiger partial charge in [-0.1, -0.05) is 6.92 Å². The molecule has 0 spiro atoms. The number of fused-ring (bicyclic) bond motifs is 1. The Morgan fingerprint density at radius 1 is 1.23 bits per heavy atom. The third-order valence-electron chi connectivity index (χ3n) is 5.07. The minimum absolute atomic E-state index is 0.0874. The summed E-state index contributed by atoms with van der Waals surface area (Å²) in [6.45, 7) is 7.07. The smallest absolute Gasteiger partial charge is 0.341 e. The lowest BCUT2D eigenvalue weighted by Gasteiger charge is -2.26. The maximum absolute atomic E-state index is 12.6. The van der Waals surface area contributed by atoms with E-state index in [0.29, 0.717) is 29.3 Å². The molecule has 1 aliphatic heterocycles. The Hall–Kier alpha value is -2.03. The molecule has 1 amide bonds. The topological polar surface area (TPSA) is 67.9 Å². The molecule has 3 rings (SSSR count). The molecule has 0 aliphatic carbocycles. The summed E-state index contributed by atoms with van der Waals surface area (Å²) >= 11 is 3.13. The second-order valence-corrected chi connectivity index (χ2v) is 9.55. The molecule has 6 nitrogen and oxygen atoms in total. The molecule has 0 unspecified atom stereocenters. The minimum Gasteiger partial charge on any atom is -0.497 e. The van der Waals surface area contributed by atoms with Crippen molar-refractivity contribution < 1.29 is 19.1 Å². The maximum Gasteiger partial charge on any atom is 0.341 e. The SMILES string of the molecule is CCCN1CCc2c(sc(NC(=O)CCSc3ccc(OC)cc3)c2C(=O)OCC)C1. The number of amides is 1. The van der Waals surface area contributed by atoms with Crippen LogP contribution in [0.15, 0.2) is 29.2 Å². The summed E-state index contributed by atoms with van der Waals surface area (Å²) in [5.74, 6) is 1.04. The maximum atomic E-state index is 12.6. The van der Waals surface area contributed by atoms with Crippen LogP contribution in [0.5, 0.6) is 5.75 Å². The number of hydrogen-bond acceptors (Lipinski definition) is 7. The molecule has 168 valence electrons. The van der Waals surface area contributed by atoms with E-state index in [1.54, 1.807) is 25.8 Å². The lowest BCUT2D eigenvalue weighted by molar-refractivity contribution is -0.115. The number of hydrogen-bond donors (Lipinski definition) is 1. The third-order valence-corrected chi connectivity index (χ3v) is 7.21. The average Bonchev–Trinajstić information content (AvgIpc) is 3.11. The van der Waals surface area contributed by atoms with E-state index >= 15 is 0 Å². The standard InChI is InChI=1S/C23H30N2O4S2/c1-4-12-25-13-10-18-19(15-25)31-22(21(18)23(27)29-5-2)24-20(26)11-14-30-17-8-6-16(28-3)7-9-17/h6-9H,4-5,10-15H2,1-3H3,(H,24,26). The van der Waals surface area contributed by atoms with E-state index in [9.17, 15) is 9.59 Å². The Bertz CT molecular complexity index is 896. The predicted octanol–water partition coefficient (Wildman–Crippen LogP) is 4.82. The number of esters is 1. The molecule has 1 aromatic carbocycles. The number of ether oxygens (including phenoxy) is 2. The Morgan fingerprint density at radius 3 is 2.68 bits per heavy atom. The van der Waals surface area contributed by atoms with Gasteiger partial charge in [0.15, 0.2) is 0 Å². The summed E-state index contributed by atoms with van der Waals surface area (Å²) < 4.78 is 10.5. The van der Waals surface area contributed by atoms with Gasteiger partial charge in [-0.15, -0.1) is 23.1 Å². The van der Waals surface area contributed by atoms with Crippen LogP contribution in [0, 0.1) is 0 Å². The van der Waals surface area contributed by atoms with Crippen LogP contribution in [0.3, 0.4) is 0 Å². The molecule has 1 N–H and O–H groups in total. The van der Waals surface area contributed by atoms with E-state index in [0.717, 1.165) is 53.6 Å². The number of methoxy groups -OCH3 is 1. The van der Waals surface area contributed by atoms with E-state index in [1.807, 2.05) is 24.3 Å². The van der Waals surface area contributed by atoms with Crippen molar-refractivity contribution in [1.29, 1.82) is 0 Å². The number of thioether (sulfide) groups is 1. The van der Waals surface area contributed by atoms with Crippen molar-refractivity contribution in [2.24, 2.45) is 0 Å². The summed E-state index contributed by atoms with van der Waals surface area (Å²) in [6, 6.07) is 7.78. The molecular weight excluding hydrogens is 432 g/mol. The average molecular weight is 463 g/mol. The molecule has 0 fully saturated rings. The summed E-state index contributed by atoms with van der Waals surface area (Å²) in [4.78, 5) is 29.9. The van der Waals surface area contributed by atoms with Gasteiger partial charge in [0.1, 0.15) is 10.8 Å².